The number of aromatic nitrogens is 2. The van der Waals surface area contributed by atoms with Crippen LogP contribution in [0.25, 0.3) is 0 Å². The Bertz CT molecular complexity index is 661. The average Bonchev–Trinajstić information content (AvgIpc) is 2.94. The number of carbonyl (C=O) groups excluding carboxylic acids is 1. The third kappa shape index (κ3) is 3.69. The lowest BCUT2D eigenvalue weighted by Crippen LogP contribution is -2.12. The fourth-order valence-electron chi connectivity index (χ4n) is 1.54. The molecule has 0 radical (unpaired) electrons. The number of rotatable bonds is 6. The van der Waals surface area contributed by atoms with Crippen LogP contribution < -0.4 is 10.1 Å². The number of carbonyl (C=O) groups is 2. The largest absolute Gasteiger partial charge is 0.490 e. The molecule has 3 N–H and O–H groups in total. The van der Waals surface area contributed by atoms with Gasteiger partial charge in [-0.1, -0.05) is 12.7 Å². The predicted octanol–water partition coefficient (Wildman–Crippen LogP) is 1.92. The van der Waals surface area contributed by atoms with Crippen LogP contribution in [-0.2, 0) is 0 Å². The van der Waals surface area contributed by atoms with Crippen LogP contribution in [0.5, 0.6) is 5.75 Å². The molecule has 0 aliphatic heterocycles. The number of ether oxygens (including phenoxy) is 1. The van der Waals surface area contributed by atoms with Crippen LogP contribution >= 0.6 is 0 Å². The van der Waals surface area contributed by atoms with Gasteiger partial charge in [0.05, 0.1) is 0 Å². The van der Waals surface area contributed by atoms with Crippen molar-refractivity contribution < 1.29 is 19.4 Å². The van der Waals surface area contributed by atoms with E-state index in [1.807, 2.05) is 0 Å². The van der Waals surface area contributed by atoms with Gasteiger partial charge in [0, 0.05) is 11.6 Å². The topological polar surface area (TPSA) is 104 Å². The first kappa shape index (κ1) is 14.3. The number of carboxylic acids is 1. The molecule has 0 aliphatic carbocycles. The molecule has 108 valence electrons. The van der Waals surface area contributed by atoms with Crippen molar-refractivity contribution in [3.05, 3.63) is 54.2 Å². The van der Waals surface area contributed by atoms with Gasteiger partial charge in [-0.15, -0.1) is 0 Å². The van der Waals surface area contributed by atoms with Crippen molar-refractivity contribution in [1.29, 1.82) is 0 Å². The van der Waals surface area contributed by atoms with Crippen molar-refractivity contribution >= 4 is 17.7 Å². The van der Waals surface area contributed by atoms with E-state index in [4.69, 9.17) is 9.84 Å². The quantitative estimate of drug-likeness (QED) is 0.704. The van der Waals surface area contributed by atoms with Gasteiger partial charge < -0.3 is 15.2 Å². The van der Waals surface area contributed by atoms with Crippen molar-refractivity contribution in [3.8, 4) is 5.75 Å². The van der Waals surface area contributed by atoms with Crippen LogP contribution in [0.15, 0.2) is 43.0 Å². The van der Waals surface area contributed by atoms with E-state index in [9.17, 15) is 9.59 Å². The zero-order valence-electron chi connectivity index (χ0n) is 11.0. The highest BCUT2D eigenvalue weighted by molar-refractivity contribution is 6.04. The number of H-pyrrole nitrogens is 1. The molecule has 1 heterocycles. The number of aromatic carboxylic acids is 1. The van der Waals surface area contributed by atoms with E-state index in [0.717, 1.165) is 0 Å². The number of anilines is 1. The molecular weight excluding hydrogens is 274 g/mol. The lowest BCUT2D eigenvalue weighted by Gasteiger charge is -2.05. The summed E-state index contributed by atoms with van der Waals surface area (Å²) in [5.74, 6) is -0.774. The molecule has 0 saturated carbocycles. The number of amides is 1. The molecule has 7 heteroatoms. The standard InChI is InChI=1S/C14H13N3O4/c1-2-7-21-10-5-3-9(4-6-10)13(18)15-12-8-11(14(19)20)16-17-12/h2-6,8H,1,7H2,(H,19,20)(H2,15,16,17,18). The minimum Gasteiger partial charge on any atom is -0.490 e. The van der Waals surface area contributed by atoms with Crippen molar-refractivity contribution in [2.24, 2.45) is 0 Å². The van der Waals surface area contributed by atoms with Gasteiger partial charge in [-0.3, -0.25) is 9.89 Å². The Balaban J connectivity index is 2.02. The number of hydrogen-bond acceptors (Lipinski definition) is 4. The van der Waals surface area contributed by atoms with Gasteiger partial charge in [0.1, 0.15) is 18.1 Å². The first-order valence-electron chi connectivity index (χ1n) is 6.04. The molecule has 0 aliphatic rings. The van der Waals surface area contributed by atoms with E-state index in [2.05, 4.69) is 22.1 Å². The van der Waals surface area contributed by atoms with Gasteiger partial charge in [0.25, 0.3) is 5.91 Å². The maximum Gasteiger partial charge on any atom is 0.353 e. The molecule has 1 aromatic carbocycles. The first-order chi connectivity index (χ1) is 10.1. The van der Waals surface area contributed by atoms with Crippen molar-refractivity contribution in [3.63, 3.8) is 0 Å². The maximum atomic E-state index is 11.9. The summed E-state index contributed by atoms with van der Waals surface area (Å²) in [4.78, 5) is 22.6. The highest BCUT2D eigenvalue weighted by atomic mass is 16.5. The number of benzene rings is 1. The SMILES string of the molecule is C=CCOc1ccc(C(=O)Nc2cc(C(=O)O)[nH]n2)cc1. The fraction of sp³-hybridized carbons (Fsp3) is 0.0714. The molecule has 2 rings (SSSR count). The van der Waals surface area contributed by atoms with Crippen LogP contribution in [0, 0.1) is 0 Å². The monoisotopic (exact) mass is 287 g/mol. The summed E-state index contributed by atoms with van der Waals surface area (Å²) in [6.07, 6.45) is 1.62. The minimum absolute atomic E-state index is 0.0986. The molecule has 2 aromatic rings. The second-order valence-electron chi connectivity index (χ2n) is 4.05. The molecule has 0 fully saturated rings. The Labute approximate surface area is 120 Å². The summed E-state index contributed by atoms with van der Waals surface area (Å²) in [7, 11) is 0. The van der Waals surface area contributed by atoms with Crippen molar-refractivity contribution in [1.82, 2.24) is 10.2 Å². The van der Waals surface area contributed by atoms with Crippen LogP contribution in [0.4, 0.5) is 5.82 Å². The molecule has 1 aromatic heterocycles. The molecule has 0 unspecified atom stereocenters. The third-order valence-electron chi connectivity index (χ3n) is 2.53. The van der Waals surface area contributed by atoms with Gasteiger partial charge in [-0.05, 0) is 24.3 Å². The molecule has 0 atom stereocenters. The number of nitrogens with one attached hydrogen (secondary N) is 2. The summed E-state index contributed by atoms with van der Waals surface area (Å²) in [5.41, 5.74) is 0.305. The minimum atomic E-state index is -1.15. The number of aromatic amines is 1. The molecule has 21 heavy (non-hydrogen) atoms. The lowest BCUT2D eigenvalue weighted by molar-refractivity contribution is 0.0690. The molecule has 1 amide bonds. The van der Waals surface area contributed by atoms with E-state index >= 15 is 0 Å². The van der Waals surface area contributed by atoms with E-state index in [-0.39, 0.29) is 11.5 Å². The summed E-state index contributed by atoms with van der Waals surface area (Å²) in [5, 5.41) is 17.2. The van der Waals surface area contributed by atoms with Gasteiger partial charge in [-0.2, -0.15) is 5.10 Å². The zero-order chi connectivity index (χ0) is 15.2. The number of carboxylic acid groups (broad SMARTS) is 1. The van der Waals surface area contributed by atoms with Gasteiger partial charge >= 0.3 is 5.97 Å². The van der Waals surface area contributed by atoms with Crippen molar-refractivity contribution in [2.45, 2.75) is 0 Å². The van der Waals surface area contributed by atoms with Crippen LogP contribution in [0.1, 0.15) is 20.8 Å². The fourth-order valence-corrected chi connectivity index (χ4v) is 1.54. The lowest BCUT2D eigenvalue weighted by atomic mass is 10.2. The van der Waals surface area contributed by atoms with Crippen LogP contribution in [0.3, 0.4) is 0 Å². The van der Waals surface area contributed by atoms with Crippen LogP contribution in [-0.4, -0.2) is 33.8 Å². The van der Waals surface area contributed by atoms with E-state index in [1.165, 1.54) is 6.07 Å². The molecular formula is C14H13N3O4. The maximum absolute atomic E-state index is 11.9. The average molecular weight is 287 g/mol. The summed E-state index contributed by atoms with van der Waals surface area (Å²) >= 11 is 0. The van der Waals surface area contributed by atoms with E-state index < -0.39 is 11.9 Å². The summed E-state index contributed by atoms with van der Waals surface area (Å²) in [6.45, 7) is 3.93. The van der Waals surface area contributed by atoms with Gasteiger partial charge in [-0.25, -0.2) is 4.79 Å². The van der Waals surface area contributed by atoms with E-state index in [1.54, 1.807) is 30.3 Å². The van der Waals surface area contributed by atoms with Crippen LogP contribution in [0.2, 0.25) is 0 Å². The Morgan fingerprint density at radius 3 is 2.67 bits per heavy atom. The predicted molar refractivity (Wildman–Crippen MR) is 75.6 cm³/mol. The van der Waals surface area contributed by atoms with Gasteiger partial charge in [0.15, 0.2) is 5.82 Å². The normalized spacial score (nSPS) is 9.90. The second-order valence-corrected chi connectivity index (χ2v) is 4.05. The first-order valence-corrected chi connectivity index (χ1v) is 6.04. The Morgan fingerprint density at radius 1 is 1.38 bits per heavy atom. The zero-order valence-corrected chi connectivity index (χ0v) is 11.0. The second kappa shape index (κ2) is 6.38. The highest BCUT2D eigenvalue weighted by Gasteiger charge is 2.11. The van der Waals surface area contributed by atoms with Gasteiger partial charge in [0.2, 0.25) is 0 Å². The Kier molecular flexibility index (Phi) is 4.35. The van der Waals surface area contributed by atoms with Crippen molar-refractivity contribution in [2.75, 3.05) is 11.9 Å². The number of nitrogens with zero attached hydrogens (tertiary/aromatic N) is 1. The summed E-state index contributed by atoms with van der Waals surface area (Å²) < 4.78 is 5.31. The van der Waals surface area contributed by atoms with E-state index in [0.29, 0.717) is 17.9 Å². The molecule has 7 nitrogen and oxygen atoms in total. The third-order valence-corrected chi connectivity index (χ3v) is 2.53. The number of hydrogen-bond donors (Lipinski definition) is 3. The Hall–Kier alpha value is -3.09. The molecule has 0 saturated heterocycles. The smallest absolute Gasteiger partial charge is 0.353 e. The summed E-state index contributed by atoms with van der Waals surface area (Å²) in [6, 6.07) is 7.75. The highest BCUT2D eigenvalue weighted by Crippen LogP contribution is 2.14. The molecule has 0 bridgehead atoms. The Morgan fingerprint density at radius 2 is 2.10 bits per heavy atom. The molecule has 0 spiro atoms.